The van der Waals surface area contributed by atoms with Crippen LogP contribution in [0.15, 0.2) is 36.4 Å². The van der Waals surface area contributed by atoms with Crippen molar-refractivity contribution in [3.05, 3.63) is 47.7 Å². The van der Waals surface area contributed by atoms with Crippen molar-refractivity contribution in [3.8, 4) is 0 Å². The normalized spacial score (nSPS) is 15.0. The summed E-state index contributed by atoms with van der Waals surface area (Å²) in [5.41, 5.74) is 0.649. The minimum absolute atomic E-state index is 0.0810. The zero-order chi connectivity index (χ0) is 23.3. The summed E-state index contributed by atoms with van der Waals surface area (Å²) >= 11 is 0. The molecule has 32 heavy (non-hydrogen) atoms. The number of ether oxygens (including phenoxy) is 1. The molecule has 0 atom stereocenters. The average Bonchev–Trinajstić information content (AvgIpc) is 2.96. The number of carbonyl (C=O) groups is 1. The van der Waals surface area contributed by atoms with Crippen LogP contribution >= 0.6 is 0 Å². The molecule has 10 heteroatoms. The van der Waals surface area contributed by atoms with Crippen LogP contribution in [0.25, 0.3) is 11.0 Å². The van der Waals surface area contributed by atoms with Gasteiger partial charge < -0.3 is 15.0 Å². The van der Waals surface area contributed by atoms with Gasteiger partial charge in [-0.05, 0) is 64.1 Å². The smallest absolute Gasteiger partial charge is 0.416 e. The molecule has 4 rings (SSSR count). The maximum absolute atomic E-state index is 12.8. The van der Waals surface area contributed by atoms with Gasteiger partial charge in [-0.15, -0.1) is 0 Å². The van der Waals surface area contributed by atoms with Gasteiger partial charge in [-0.3, -0.25) is 0 Å². The maximum Gasteiger partial charge on any atom is 0.416 e. The average molecular weight is 447 g/mol. The summed E-state index contributed by atoms with van der Waals surface area (Å²) in [5, 5.41) is 8.46. The summed E-state index contributed by atoms with van der Waals surface area (Å²) in [5.74, 6) is 0.489. The Hall–Kier alpha value is -3.30. The number of amides is 1. The lowest BCUT2D eigenvalue weighted by atomic mass is 10.1. The van der Waals surface area contributed by atoms with E-state index in [9.17, 15) is 18.0 Å². The number of alkyl halides is 3. The van der Waals surface area contributed by atoms with Crippen molar-refractivity contribution in [2.24, 2.45) is 0 Å². The van der Waals surface area contributed by atoms with Crippen molar-refractivity contribution in [2.45, 2.75) is 45.5 Å². The molecule has 1 N–H and O–H groups in total. The second-order valence-electron chi connectivity index (χ2n) is 8.86. The number of anilines is 2. The third kappa shape index (κ3) is 4.49. The van der Waals surface area contributed by atoms with Crippen molar-refractivity contribution < 1.29 is 22.7 Å². The maximum atomic E-state index is 12.8. The quantitative estimate of drug-likeness (QED) is 0.590. The van der Waals surface area contributed by atoms with E-state index in [0.29, 0.717) is 30.2 Å². The molecule has 0 saturated carbocycles. The van der Waals surface area contributed by atoms with E-state index in [4.69, 9.17) is 4.74 Å². The summed E-state index contributed by atoms with van der Waals surface area (Å²) in [4.78, 5) is 18.4. The number of benzene rings is 1. The van der Waals surface area contributed by atoms with Crippen LogP contribution in [0.4, 0.5) is 29.5 Å². The lowest BCUT2D eigenvalue weighted by Crippen LogP contribution is -2.52. The molecule has 3 heterocycles. The molecule has 1 aliphatic rings. The molecular weight excluding hydrogens is 423 g/mol. The third-order valence-corrected chi connectivity index (χ3v) is 5.03. The van der Waals surface area contributed by atoms with Crippen LogP contribution in [0, 0.1) is 6.92 Å². The number of nitrogens with zero attached hydrogens (tertiary/aromatic N) is 4. The molecule has 1 aliphatic heterocycles. The number of carbonyl (C=O) groups excluding carboxylic acids is 1. The van der Waals surface area contributed by atoms with E-state index in [1.54, 1.807) is 9.58 Å². The van der Waals surface area contributed by atoms with Crippen LogP contribution in [-0.4, -0.2) is 44.4 Å². The predicted molar refractivity (Wildman–Crippen MR) is 114 cm³/mol. The van der Waals surface area contributed by atoms with Gasteiger partial charge in [0.1, 0.15) is 5.60 Å². The lowest BCUT2D eigenvalue weighted by Gasteiger charge is -2.39. The van der Waals surface area contributed by atoms with Crippen LogP contribution in [0.1, 0.15) is 38.1 Å². The fourth-order valence-electron chi connectivity index (χ4n) is 3.42. The van der Waals surface area contributed by atoms with Gasteiger partial charge in [0.05, 0.1) is 17.0 Å². The number of nitrogens with one attached hydrogen (secondary N) is 1. The number of hydrogen-bond acceptors (Lipinski definition) is 5. The first kappa shape index (κ1) is 21.9. The zero-order valence-electron chi connectivity index (χ0n) is 18.2. The highest BCUT2D eigenvalue weighted by Crippen LogP contribution is 2.33. The van der Waals surface area contributed by atoms with E-state index in [0.717, 1.165) is 23.2 Å². The number of likely N-dealkylation sites (tertiary alicyclic amines) is 1. The van der Waals surface area contributed by atoms with E-state index in [2.05, 4.69) is 15.4 Å². The standard InChI is InChI=1S/C22H24F3N5O2/c1-13-5-10-17-18(27-15-8-6-14(7-9-15)22(23,24)25)28-30(19(17)26-13)16-11-29(12-16)20(31)32-21(2,3)4/h5-10,16H,11-12H2,1-4H3,(H,27,28). The number of fused-ring (bicyclic) bond motifs is 1. The molecule has 0 unspecified atom stereocenters. The van der Waals surface area contributed by atoms with Gasteiger partial charge >= 0.3 is 12.3 Å². The molecule has 7 nitrogen and oxygen atoms in total. The van der Waals surface area contributed by atoms with Gasteiger partial charge in [0.2, 0.25) is 0 Å². The van der Waals surface area contributed by atoms with E-state index < -0.39 is 17.3 Å². The monoisotopic (exact) mass is 447 g/mol. The van der Waals surface area contributed by atoms with Gasteiger partial charge in [-0.1, -0.05) is 0 Å². The van der Waals surface area contributed by atoms with E-state index >= 15 is 0 Å². The minimum atomic E-state index is -4.39. The van der Waals surface area contributed by atoms with Crippen LogP contribution in [-0.2, 0) is 10.9 Å². The fourth-order valence-corrected chi connectivity index (χ4v) is 3.42. The lowest BCUT2D eigenvalue weighted by molar-refractivity contribution is -0.137. The molecule has 1 aromatic carbocycles. The van der Waals surface area contributed by atoms with E-state index in [1.807, 2.05) is 39.8 Å². The first-order valence-electron chi connectivity index (χ1n) is 10.2. The zero-order valence-corrected chi connectivity index (χ0v) is 18.2. The molecule has 0 radical (unpaired) electrons. The summed E-state index contributed by atoms with van der Waals surface area (Å²) < 4.78 is 45.6. The van der Waals surface area contributed by atoms with Gasteiger partial charge in [0, 0.05) is 24.5 Å². The third-order valence-electron chi connectivity index (χ3n) is 5.03. The molecule has 3 aromatic rings. The molecule has 0 bridgehead atoms. The number of aromatic nitrogens is 3. The summed E-state index contributed by atoms with van der Waals surface area (Å²) in [6, 6.07) is 8.41. The number of pyridine rings is 1. The molecule has 1 amide bonds. The Morgan fingerprint density at radius 1 is 1.09 bits per heavy atom. The SMILES string of the molecule is Cc1ccc2c(Nc3ccc(C(F)(F)F)cc3)nn(C3CN(C(=O)OC(C)(C)C)C3)c2n1. The highest BCUT2D eigenvalue weighted by atomic mass is 19.4. The number of aryl methyl sites for hydroxylation is 1. The van der Waals surface area contributed by atoms with Crippen molar-refractivity contribution in [3.63, 3.8) is 0 Å². The molecule has 0 aliphatic carbocycles. The summed E-state index contributed by atoms with van der Waals surface area (Å²) in [7, 11) is 0. The van der Waals surface area contributed by atoms with Gasteiger partial charge in [0.15, 0.2) is 11.5 Å². The Morgan fingerprint density at radius 2 is 1.75 bits per heavy atom. The van der Waals surface area contributed by atoms with Crippen molar-refractivity contribution in [1.82, 2.24) is 19.7 Å². The molecular formula is C22H24F3N5O2. The van der Waals surface area contributed by atoms with Crippen molar-refractivity contribution in [2.75, 3.05) is 18.4 Å². The Kier molecular flexibility index (Phi) is 5.26. The Balaban J connectivity index is 1.57. The van der Waals surface area contributed by atoms with Crippen LogP contribution in [0.2, 0.25) is 0 Å². The molecule has 1 fully saturated rings. The van der Waals surface area contributed by atoms with E-state index in [-0.39, 0.29) is 12.1 Å². The molecule has 0 spiro atoms. The first-order chi connectivity index (χ1) is 14.9. The molecule has 2 aromatic heterocycles. The second-order valence-corrected chi connectivity index (χ2v) is 8.86. The largest absolute Gasteiger partial charge is 0.444 e. The highest BCUT2D eigenvalue weighted by Gasteiger charge is 2.36. The number of rotatable bonds is 3. The number of halogens is 3. The Bertz CT molecular complexity index is 1140. The van der Waals surface area contributed by atoms with Crippen molar-refractivity contribution in [1.29, 1.82) is 0 Å². The highest BCUT2D eigenvalue weighted by molar-refractivity contribution is 5.90. The summed E-state index contributed by atoms with van der Waals surface area (Å²) in [6.07, 6.45) is -4.77. The van der Waals surface area contributed by atoms with Crippen LogP contribution < -0.4 is 5.32 Å². The van der Waals surface area contributed by atoms with E-state index in [1.165, 1.54) is 12.1 Å². The molecule has 1 saturated heterocycles. The Morgan fingerprint density at radius 3 is 2.34 bits per heavy atom. The van der Waals surface area contributed by atoms with Gasteiger partial charge in [0.25, 0.3) is 0 Å². The topological polar surface area (TPSA) is 72.3 Å². The van der Waals surface area contributed by atoms with Gasteiger partial charge in [-0.2, -0.15) is 18.3 Å². The first-order valence-corrected chi connectivity index (χ1v) is 10.2. The Labute approximate surface area is 183 Å². The van der Waals surface area contributed by atoms with Crippen LogP contribution in [0.5, 0.6) is 0 Å². The second kappa shape index (κ2) is 7.68. The predicted octanol–water partition coefficient (Wildman–Crippen LogP) is 5.29. The minimum Gasteiger partial charge on any atom is -0.444 e. The van der Waals surface area contributed by atoms with Crippen molar-refractivity contribution >= 4 is 28.6 Å². The molecule has 170 valence electrons. The number of hydrogen-bond donors (Lipinski definition) is 1. The fraction of sp³-hybridized carbons (Fsp3) is 0.409. The van der Waals surface area contributed by atoms with Crippen LogP contribution in [0.3, 0.4) is 0 Å². The van der Waals surface area contributed by atoms with Gasteiger partial charge in [-0.25, -0.2) is 14.5 Å². The summed E-state index contributed by atoms with van der Waals surface area (Å²) in [6.45, 7) is 8.18.